The van der Waals surface area contributed by atoms with E-state index in [1.807, 2.05) is 0 Å². The monoisotopic (exact) mass is 417 g/mol. The van der Waals surface area contributed by atoms with Gasteiger partial charge >= 0.3 is 21.7 Å². The fourth-order valence-corrected chi connectivity index (χ4v) is 3.08. The molecule has 0 aromatic heterocycles. The van der Waals surface area contributed by atoms with Crippen LogP contribution in [0.1, 0.15) is 45.1 Å². The molecule has 1 radical (unpaired) electrons. The van der Waals surface area contributed by atoms with Crippen molar-refractivity contribution in [1.82, 2.24) is 0 Å². The molecule has 1 heteroatoms. The third-order valence-corrected chi connectivity index (χ3v) is 4.68. The van der Waals surface area contributed by atoms with Crippen LogP contribution in [0.25, 0.3) is 32.7 Å². The van der Waals surface area contributed by atoms with Crippen LogP contribution in [0.3, 0.4) is 0 Å². The van der Waals surface area contributed by atoms with Gasteiger partial charge in [-0.25, -0.2) is 0 Å². The van der Waals surface area contributed by atoms with Crippen molar-refractivity contribution in [2.75, 3.05) is 0 Å². The van der Waals surface area contributed by atoms with E-state index in [2.05, 4.69) is 107 Å². The second-order valence-electron chi connectivity index (χ2n) is 7.07. The van der Waals surface area contributed by atoms with E-state index in [1.165, 1.54) is 51.1 Å². The summed E-state index contributed by atoms with van der Waals surface area (Å²) in [7, 11) is 0. The van der Waals surface area contributed by atoms with Gasteiger partial charge in [-0.3, -0.25) is 0 Å². The second kappa shape index (κ2) is 13.5. The Morgan fingerprint density at radius 1 is 0.724 bits per heavy atom. The Bertz CT molecular complexity index is 965. The molecule has 0 aliphatic carbocycles. The van der Waals surface area contributed by atoms with E-state index in [-0.39, 0.29) is 21.7 Å². The molecule has 0 saturated carbocycles. The summed E-state index contributed by atoms with van der Waals surface area (Å²) < 4.78 is 0. The zero-order valence-electron chi connectivity index (χ0n) is 18.2. The molecule has 0 aliphatic rings. The third kappa shape index (κ3) is 6.91. The van der Waals surface area contributed by atoms with Crippen LogP contribution in [-0.2, 0) is 21.7 Å². The van der Waals surface area contributed by atoms with Gasteiger partial charge in [-0.2, -0.15) is 18.9 Å². The summed E-state index contributed by atoms with van der Waals surface area (Å²) in [6.45, 7) is 13.6. The van der Waals surface area contributed by atoms with Gasteiger partial charge < -0.3 is 13.8 Å². The first-order chi connectivity index (χ1) is 13.7. The van der Waals surface area contributed by atoms with Gasteiger partial charge in [0.25, 0.3) is 0 Å². The van der Waals surface area contributed by atoms with Gasteiger partial charge in [-0.15, -0.1) is 34.5 Å². The number of fused-ring (bicyclic) bond motifs is 2. The quantitative estimate of drug-likeness (QED) is 0.231. The van der Waals surface area contributed by atoms with Gasteiger partial charge in [0.2, 0.25) is 0 Å². The molecule has 149 valence electrons. The first-order valence-corrected chi connectivity index (χ1v) is 10.4. The van der Waals surface area contributed by atoms with Crippen molar-refractivity contribution in [3.05, 3.63) is 92.2 Å². The second-order valence-corrected chi connectivity index (χ2v) is 7.07. The molecule has 0 heterocycles. The van der Waals surface area contributed by atoms with Crippen LogP contribution in [0.4, 0.5) is 0 Å². The van der Waals surface area contributed by atoms with Crippen molar-refractivity contribution in [1.29, 1.82) is 0 Å². The van der Waals surface area contributed by atoms with Gasteiger partial charge in [0.1, 0.15) is 0 Å². The summed E-state index contributed by atoms with van der Waals surface area (Å²) in [5, 5.41) is 5.29. The molecule has 0 fully saturated rings. The van der Waals surface area contributed by atoms with E-state index in [9.17, 15) is 0 Å². The standard InChI is InChI=1S/C20H15.2C4H9.Ti/c1-14-12-16-8-5-11-19(20(16)13-14)18-10-4-7-15-6-2-3-9-17(15)18;2*1-3-4-2;/h2-13H,1H3;2*1,3-4H2,2H3;/q3*-1;+3. The van der Waals surface area contributed by atoms with Crippen molar-refractivity contribution >= 4 is 21.5 Å². The minimum atomic E-state index is 0. The molecule has 4 rings (SSSR count). The van der Waals surface area contributed by atoms with Gasteiger partial charge in [0.05, 0.1) is 0 Å². The maximum Gasteiger partial charge on any atom is 3.00 e. The van der Waals surface area contributed by atoms with Gasteiger partial charge in [0.15, 0.2) is 0 Å². The van der Waals surface area contributed by atoms with E-state index < -0.39 is 0 Å². The summed E-state index contributed by atoms with van der Waals surface area (Å²) in [5.41, 5.74) is 3.97. The molecule has 4 aromatic rings. The fourth-order valence-electron chi connectivity index (χ4n) is 3.08. The van der Waals surface area contributed by atoms with Crippen LogP contribution in [0.15, 0.2) is 72.8 Å². The van der Waals surface area contributed by atoms with Crippen molar-refractivity contribution < 1.29 is 21.7 Å². The molecule has 0 aliphatic heterocycles. The van der Waals surface area contributed by atoms with Crippen LogP contribution in [0.5, 0.6) is 0 Å². The SMILES string of the molecule is Cc1cc2c(-c3cccc4ccccc34)cccc2[cH-]1.[CH2-]CCC.[CH2-]CCC.[Ti+3]. The Labute approximate surface area is 192 Å². The molecule has 0 saturated heterocycles. The third-order valence-electron chi connectivity index (χ3n) is 4.68. The fraction of sp³-hybridized carbons (Fsp3) is 0.250. The molecule has 0 atom stereocenters. The maximum absolute atomic E-state index is 3.60. The Morgan fingerprint density at radius 2 is 1.24 bits per heavy atom. The summed E-state index contributed by atoms with van der Waals surface area (Å²) in [5.74, 6) is 0. The van der Waals surface area contributed by atoms with E-state index in [1.54, 1.807) is 0 Å². The van der Waals surface area contributed by atoms with Crippen LogP contribution >= 0.6 is 0 Å². The zero-order chi connectivity index (χ0) is 20.4. The number of aryl methyl sites for hydroxylation is 1. The molecule has 4 aromatic carbocycles. The Balaban J connectivity index is 0.000000405. The summed E-state index contributed by atoms with van der Waals surface area (Å²) in [6, 6.07) is 26.2. The van der Waals surface area contributed by atoms with Crippen molar-refractivity contribution in [2.24, 2.45) is 0 Å². The normalized spacial score (nSPS) is 9.83. The number of unbranched alkanes of at least 4 members (excludes halogenated alkanes) is 2. The predicted molar refractivity (Wildman–Crippen MR) is 128 cm³/mol. The number of hydrogen-bond acceptors (Lipinski definition) is 0. The van der Waals surface area contributed by atoms with Crippen molar-refractivity contribution in [2.45, 2.75) is 46.5 Å². The molecule has 0 unspecified atom stereocenters. The molecule has 0 nitrogen and oxygen atoms in total. The minimum Gasteiger partial charge on any atom is -0.343 e. The van der Waals surface area contributed by atoms with Crippen molar-refractivity contribution in [3.63, 3.8) is 0 Å². The Morgan fingerprint density at radius 3 is 1.86 bits per heavy atom. The Hall–Kier alpha value is -1.76. The average Bonchev–Trinajstić information content (AvgIpc) is 3.14. The largest absolute Gasteiger partial charge is 3.00 e. The van der Waals surface area contributed by atoms with Crippen molar-refractivity contribution in [3.8, 4) is 11.1 Å². The van der Waals surface area contributed by atoms with E-state index in [4.69, 9.17) is 0 Å². The first kappa shape index (κ1) is 25.3. The summed E-state index contributed by atoms with van der Waals surface area (Å²) >= 11 is 0. The number of benzene rings is 3. The number of hydrogen-bond donors (Lipinski definition) is 0. The number of rotatable bonds is 3. The summed E-state index contributed by atoms with van der Waals surface area (Å²) in [4.78, 5) is 0. The van der Waals surface area contributed by atoms with Crippen LogP contribution < -0.4 is 0 Å². The molecule has 0 spiro atoms. The Kier molecular flexibility index (Phi) is 11.7. The van der Waals surface area contributed by atoms with Crippen LogP contribution in [0.2, 0.25) is 0 Å². The minimum absolute atomic E-state index is 0. The average molecular weight is 417 g/mol. The van der Waals surface area contributed by atoms with E-state index in [0.717, 1.165) is 12.8 Å². The van der Waals surface area contributed by atoms with Crippen LogP contribution in [-0.4, -0.2) is 0 Å². The van der Waals surface area contributed by atoms with Crippen LogP contribution in [0, 0.1) is 20.8 Å². The van der Waals surface area contributed by atoms with Gasteiger partial charge in [-0.1, -0.05) is 87.7 Å². The van der Waals surface area contributed by atoms with E-state index >= 15 is 0 Å². The molecule has 0 amide bonds. The maximum atomic E-state index is 3.60. The summed E-state index contributed by atoms with van der Waals surface area (Å²) in [6.07, 6.45) is 4.56. The van der Waals surface area contributed by atoms with E-state index in [0.29, 0.717) is 0 Å². The molecular formula is C28H33Ti. The topological polar surface area (TPSA) is 0 Å². The first-order valence-electron chi connectivity index (χ1n) is 10.4. The van der Waals surface area contributed by atoms with Gasteiger partial charge in [-0.05, 0) is 16.3 Å². The van der Waals surface area contributed by atoms with Gasteiger partial charge in [0, 0.05) is 0 Å². The molecule has 0 N–H and O–H groups in total. The zero-order valence-corrected chi connectivity index (χ0v) is 19.7. The molecule has 29 heavy (non-hydrogen) atoms. The molecular weight excluding hydrogens is 384 g/mol. The predicted octanol–water partition coefficient (Wildman–Crippen LogP) is 8.93. The molecule has 0 bridgehead atoms. The smallest absolute Gasteiger partial charge is 0.343 e.